The van der Waals surface area contributed by atoms with Crippen LogP contribution in [0.2, 0.25) is 0 Å². The third kappa shape index (κ3) is 5.32. The number of para-hydroxylation sites is 3. The van der Waals surface area contributed by atoms with Crippen LogP contribution in [0.25, 0.3) is 22.3 Å². The Hall–Kier alpha value is -6.64. The van der Waals surface area contributed by atoms with Crippen molar-refractivity contribution in [3.8, 4) is 22.3 Å². The van der Waals surface area contributed by atoms with E-state index in [-0.39, 0.29) is 10.8 Å². The normalized spacial score (nSPS) is 16.7. The van der Waals surface area contributed by atoms with Gasteiger partial charge in [-0.05, 0) is 148 Å². The second kappa shape index (κ2) is 13.5. The first kappa shape index (κ1) is 34.6. The van der Waals surface area contributed by atoms with Crippen LogP contribution in [0.1, 0.15) is 60.1 Å². The largest absolute Gasteiger partial charge is 0.310 e. The second-order valence-electron chi connectivity index (χ2n) is 16.9. The molecule has 1 atom stereocenters. The van der Waals surface area contributed by atoms with Crippen molar-refractivity contribution in [1.29, 1.82) is 0 Å². The fraction of sp³-hybridized carbons (Fsp3) is 0.143. The number of nitrogens with zero attached hydrogens (tertiary/aromatic N) is 2. The molecular weight excluding hydrogens is 701 g/mol. The topological polar surface area (TPSA) is 6.48 Å². The van der Waals surface area contributed by atoms with Crippen LogP contribution in [0.4, 0.5) is 34.1 Å². The van der Waals surface area contributed by atoms with Gasteiger partial charge in [0, 0.05) is 39.3 Å². The minimum Gasteiger partial charge on any atom is -0.310 e. The quantitative estimate of drug-likeness (QED) is 0.160. The van der Waals surface area contributed by atoms with Crippen molar-refractivity contribution in [2.45, 2.75) is 50.4 Å². The summed E-state index contributed by atoms with van der Waals surface area (Å²) in [5.41, 5.74) is 21.1. The minimum absolute atomic E-state index is 0.0663. The Bertz CT molecular complexity index is 2760. The Balaban J connectivity index is 1.02. The molecule has 3 aliphatic rings. The fourth-order valence-corrected chi connectivity index (χ4v) is 10.8. The molecule has 0 aromatic heterocycles. The molecule has 0 fully saturated rings. The maximum atomic E-state index is 2.48. The first-order valence-electron chi connectivity index (χ1n) is 20.9. The van der Waals surface area contributed by atoms with Crippen molar-refractivity contribution in [1.82, 2.24) is 0 Å². The lowest BCUT2D eigenvalue weighted by molar-refractivity contribution is 0.509. The van der Waals surface area contributed by atoms with Gasteiger partial charge in [-0.1, -0.05) is 141 Å². The maximum Gasteiger partial charge on any atom is 0.0505 e. The molecule has 0 heterocycles. The summed E-state index contributed by atoms with van der Waals surface area (Å²) < 4.78 is 0. The highest BCUT2D eigenvalue weighted by Crippen LogP contribution is 2.59. The number of hydrogen-bond acceptors (Lipinski definition) is 2. The van der Waals surface area contributed by atoms with Gasteiger partial charge in [-0.2, -0.15) is 0 Å². The molecule has 58 heavy (non-hydrogen) atoms. The molecule has 8 aromatic carbocycles. The Labute approximate surface area is 342 Å². The summed E-state index contributed by atoms with van der Waals surface area (Å²) in [6, 6.07) is 72.0. The summed E-state index contributed by atoms with van der Waals surface area (Å²) in [5.74, 6) is 0. The molecule has 0 radical (unpaired) electrons. The molecule has 0 saturated heterocycles. The third-order valence-electron chi connectivity index (χ3n) is 13.4. The van der Waals surface area contributed by atoms with E-state index in [1.165, 1.54) is 78.4 Å². The number of benzene rings is 8. The molecule has 3 aliphatic carbocycles. The van der Waals surface area contributed by atoms with Crippen molar-refractivity contribution < 1.29 is 0 Å². The first-order chi connectivity index (χ1) is 28.5. The zero-order valence-electron chi connectivity index (χ0n) is 33.2. The van der Waals surface area contributed by atoms with Gasteiger partial charge >= 0.3 is 0 Å². The van der Waals surface area contributed by atoms with Gasteiger partial charge < -0.3 is 9.80 Å². The molecule has 280 valence electrons. The van der Waals surface area contributed by atoms with Crippen molar-refractivity contribution in [3.05, 3.63) is 228 Å². The zero-order chi connectivity index (χ0) is 38.8. The van der Waals surface area contributed by atoms with E-state index in [4.69, 9.17) is 0 Å². The lowest BCUT2D eigenvalue weighted by atomic mass is 9.73. The van der Waals surface area contributed by atoms with E-state index in [9.17, 15) is 0 Å². The summed E-state index contributed by atoms with van der Waals surface area (Å²) in [5, 5.41) is 0. The monoisotopic (exact) mass is 746 g/mol. The van der Waals surface area contributed by atoms with E-state index in [2.05, 4.69) is 218 Å². The molecule has 0 aliphatic heterocycles. The summed E-state index contributed by atoms with van der Waals surface area (Å²) in [4.78, 5) is 4.90. The van der Waals surface area contributed by atoms with Crippen LogP contribution in [0.15, 0.2) is 194 Å². The molecule has 0 N–H and O–H groups in total. The van der Waals surface area contributed by atoms with Gasteiger partial charge in [0.15, 0.2) is 0 Å². The molecule has 0 amide bonds. The van der Waals surface area contributed by atoms with Gasteiger partial charge in [0.1, 0.15) is 0 Å². The summed E-state index contributed by atoms with van der Waals surface area (Å²) >= 11 is 0. The van der Waals surface area contributed by atoms with Crippen molar-refractivity contribution in [3.63, 3.8) is 0 Å². The number of fused-ring (bicyclic) bond motifs is 7. The van der Waals surface area contributed by atoms with Crippen LogP contribution >= 0.6 is 0 Å². The van der Waals surface area contributed by atoms with E-state index in [0.29, 0.717) is 0 Å². The molecular formula is C56H46N2. The highest BCUT2D eigenvalue weighted by Gasteiger charge is 2.48. The summed E-state index contributed by atoms with van der Waals surface area (Å²) in [7, 11) is 0. The van der Waals surface area contributed by atoms with Crippen LogP contribution in [0, 0.1) is 0 Å². The smallest absolute Gasteiger partial charge is 0.0505 e. The molecule has 0 saturated carbocycles. The summed E-state index contributed by atoms with van der Waals surface area (Å²) in [6.45, 7) is 4.72. The van der Waals surface area contributed by atoms with Crippen molar-refractivity contribution in [2.24, 2.45) is 0 Å². The average molecular weight is 747 g/mol. The molecule has 1 spiro atoms. The van der Waals surface area contributed by atoms with E-state index in [1.54, 1.807) is 0 Å². The van der Waals surface area contributed by atoms with Gasteiger partial charge in [0.2, 0.25) is 0 Å². The third-order valence-corrected chi connectivity index (χ3v) is 13.4. The van der Waals surface area contributed by atoms with Crippen LogP contribution in [0.5, 0.6) is 0 Å². The highest BCUT2D eigenvalue weighted by molar-refractivity contribution is 5.87. The predicted octanol–water partition coefficient (Wildman–Crippen LogP) is 14.8. The molecule has 2 nitrogen and oxygen atoms in total. The van der Waals surface area contributed by atoms with Crippen molar-refractivity contribution in [2.75, 3.05) is 9.80 Å². The van der Waals surface area contributed by atoms with Crippen molar-refractivity contribution >= 4 is 34.1 Å². The number of hydrogen-bond donors (Lipinski definition) is 0. The Morgan fingerprint density at radius 1 is 0.379 bits per heavy atom. The molecule has 2 heteroatoms. The van der Waals surface area contributed by atoms with Gasteiger partial charge in [-0.3, -0.25) is 0 Å². The fourth-order valence-electron chi connectivity index (χ4n) is 10.8. The predicted molar refractivity (Wildman–Crippen MR) is 243 cm³/mol. The summed E-state index contributed by atoms with van der Waals surface area (Å²) in [6.07, 6.45) is 4.42. The SMILES string of the molecule is CC1(C)c2ccccc2-c2ccc(N(c3ccccc3)c3ccc(-c4cccc5c4[C@@]4(CC5)CCc5cccc(N(c6ccccc6)c6ccccc6)c54)cc3)cc21. The highest BCUT2D eigenvalue weighted by atomic mass is 15.1. The first-order valence-corrected chi connectivity index (χ1v) is 20.9. The minimum atomic E-state index is -0.0737. The molecule has 0 unspecified atom stereocenters. The number of rotatable bonds is 7. The molecule has 11 rings (SSSR count). The van der Waals surface area contributed by atoms with Gasteiger partial charge in [-0.25, -0.2) is 0 Å². The Kier molecular flexibility index (Phi) is 8.05. The van der Waals surface area contributed by atoms with E-state index >= 15 is 0 Å². The van der Waals surface area contributed by atoms with Crippen LogP contribution in [-0.2, 0) is 23.7 Å². The van der Waals surface area contributed by atoms with Gasteiger partial charge in [0.25, 0.3) is 0 Å². The van der Waals surface area contributed by atoms with Crippen LogP contribution < -0.4 is 9.80 Å². The van der Waals surface area contributed by atoms with E-state index in [1.807, 2.05) is 0 Å². The Morgan fingerprint density at radius 3 is 1.53 bits per heavy atom. The second-order valence-corrected chi connectivity index (χ2v) is 16.9. The standard InChI is InChI=1S/C56H46N2/c1-55(2)50-26-13-12-24-48(50)49-33-32-46(38-51(49)55)57(42-18-6-3-7-19-42)45-30-28-39(29-31-45)47-25-14-16-40-34-36-56(53(40)47)37-35-41-17-15-27-52(54(41)56)58(43-20-8-4-9-21-43)44-22-10-5-11-23-44/h3-33,38H,34-37H2,1-2H3/t56-/m1/s1. The zero-order valence-corrected chi connectivity index (χ0v) is 33.2. The average Bonchev–Trinajstić information content (AvgIpc) is 3.93. The molecule has 8 aromatic rings. The maximum absolute atomic E-state index is 2.48. The number of aryl methyl sites for hydroxylation is 2. The lowest BCUT2D eigenvalue weighted by Gasteiger charge is -2.35. The van der Waals surface area contributed by atoms with E-state index < -0.39 is 0 Å². The van der Waals surface area contributed by atoms with Crippen LogP contribution in [0.3, 0.4) is 0 Å². The number of anilines is 6. The lowest BCUT2D eigenvalue weighted by Crippen LogP contribution is -2.25. The van der Waals surface area contributed by atoms with Gasteiger partial charge in [0.05, 0.1) is 5.69 Å². The Morgan fingerprint density at radius 2 is 0.879 bits per heavy atom. The van der Waals surface area contributed by atoms with E-state index in [0.717, 1.165) is 37.1 Å². The van der Waals surface area contributed by atoms with Gasteiger partial charge in [-0.15, -0.1) is 0 Å². The molecule has 0 bridgehead atoms. The van der Waals surface area contributed by atoms with Crippen LogP contribution in [-0.4, -0.2) is 0 Å².